The van der Waals surface area contributed by atoms with E-state index in [0.29, 0.717) is 17.1 Å². The molecule has 0 bridgehead atoms. The monoisotopic (exact) mass is 391 g/mol. The molecule has 0 radical (unpaired) electrons. The molecule has 6 nitrogen and oxygen atoms in total. The van der Waals surface area contributed by atoms with Gasteiger partial charge < -0.3 is 15.3 Å². The van der Waals surface area contributed by atoms with Gasteiger partial charge >= 0.3 is 6.09 Å². The Morgan fingerprint density at radius 2 is 2.07 bits per heavy atom. The molecule has 2 amide bonds. The van der Waals surface area contributed by atoms with Crippen LogP contribution in [0.2, 0.25) is 0 Å². The first-order chi connectivity index (χ1) is 12.9. The van der Waals surface area contributed by atoms with Crippen molar-refractivity contribution in [2.24, 2.45) is 5.92 Å². The molecule has 0 aliphatic carbocycles. The highest BCUT2D eigenvalue weighted by Gasteiger charge is 2.34. The number of amides is 2. The standard InChI is InChI=1S/C19H22FN3O3S/c1-11-4-3-9-23(15(11)10-21-19(25)26)18(24)16-17(27-12(2)22-16)13-5-7-14(20)8-6-13/h5-8,11,15,21H,3-4,9-10H2,1-2H3,(H,25,26)/t11-,15-/m1/s1. The molecule has 1 aliphatic rings. The van der Waals surface area contributed by atoms with Gasteiger partial charge in [0.25, 0.3) is 5.91 Å². The van der Waals surface area contributed by atoms with Crippen LogP contribution in [-0.2, 0) is 0 Å². The van der Waals surface area contributed by atoms with E-state index < -0.39 is 6.09 Å². The summed E-state index contributed by atoms with van der Waals surface area (Å²) < 4.78 is 13.3. The molecule has 144 valence electrons. The third-order valence-electron chi connectivity index (χ3n) is 4.88. The fourth-order valence-electron chi connectivity index (χ4n) is 3.51. The number of aryl methyl sites for hydroxylation is 1. The SMILES string of the molecule is Cc1nc(C(=O)N2CCC[C@@H](C)[C@H]2CNC(=O)O)c(-c2ccc(F)cc2)s1. The summed E-state index contributed by atoms with van der Waals surface area (Å²) in [5.41, 5.74) is 1.09. The van der Waals surface area contributed by atoms with Crippen molar-refractivity contribution in [3.05, 3.63) is 40.8 Å². The number of halogens is 1. The quantitative estimate of drug-likeness (QED) is 0.831. The number of carbonyl (C=O) groups excluding carboxylic acids is 1. The van der Waals surface area contributed by atoms with E-state index in [9.17, 15) is 14.0 Å². The summed E-state index contributed by atoms with van der Waals surface area (Å²) in [5, 5.41) is 12.1. The highest BCUT2D eigenvalue weighted by molar-refractivity contribution is 7.15. The number of aromatic nitrogens is 1. The highest BCUT2D eigenvalue weighted by atomic mass is 32.1. The van der Waals surface area contributed by atoms with Gasteiger partial charge in [-0.15, -0.1) is 11.3 Å². The first-order valence-electron chi connectivity index (χ1n) is 8.88. The Labute approximate surface area is 161 Å². The molecule has 27 heavy (non-hydrogen) atoms. The van der Waals surface area contributed by atoms with Crippen LogP contribution >= 0.6 is 11.3 Å². The van der Waals surface area contributed by atoms with Crippen molar-refractivity contribution in [1.82, 2.24) is 15.2 Å². The first kappa shape index (κ1) is 19.3. The molecule has 2 atom stereocenters. The van der Waals surface area contributed by atoms with Crippen LogP contribution in [0.1, 0.15) is 35.3 Å². The molecule has 1 fully saturated rings. The van der Waals surface area contributed by atoms with Crippen molar-refractivity contribution in [2.45, 2.75) is 32.7 Å². The van der Waals surface area contributed by atoms with Gasteiger partial charge in [-0.05, 0) is 43.4 Å². The molecule has 2 heterocycles. The number of nitrogens with zero attached hydrogens (tertiary/aromatic N) is 2. The number of nitrogens with one attached hydrogen (secondary N) is 1. The van der Waals surface area contributed by atoms with E-state index >= 15 is 0 Å². The molecule has 0 saturated carbocycles. The van der Waals surface area contributed by atoms with Crippen LogP contribution in [0.15, 0.2) is 24.3 Å². The number of carboxylic acid groups (broad SMARTS) is 1. The van der Waals surface area contributed by atoms with Gasteiger partial charge in [-0.25, -0.2) is 14.2 Å². The second-order valence-corrected chi connectivity index (χ2v) is 7.99. The van der Waals surface area contributed by atoms with Gasteiger partial charge in [-0.1, -0.05) is 19.1 Å². The van der Waals surface area contributed by atoms with Gasteiger partial charge in [0, 0.05) is 13.1 Å². The molecular formula is C19H22FN3O3S. The van der Waals surface area contributed by atoms with Crippen molar-refractivity contribution in [2.75, 3.05) is 13.1 Å². The maximum atomic E-state index is 13.3. The molecule has 1 aromatic carbocycles. The Morgan fingerprint density at radius 1 is 1.37 bits per heavy atom. The van der Waals surface area contributed by atoms with E-state index in [1.54, 1.807) is 17.0 Å². The highest BCUT2D eigenvalue weighted by Crippen LogP contribution is 2.33. The second kappa shape index (κ2) is 8.04. The summed E-state index contributed by atoms with van der Waals surface area (Å²) in [4.78, 5) is 31.1. The van der Waals surface area contributed by atoms with E-state index in [0.717, 1.165) is 23.4 Å². The average molecular weight is 391 g/mol. The van der Waals surface area contributed by atoms with Crippen LogP contribution in [0.25, 0.3) is 10.4 Å². The zero-order valence-electron chi connectivity index (χ0n) is 15.2. The van der Waals surface area contributed by atoms with E-state index in [1.807, 2.05) is 13.8 Å². The molecule has 1 saturated heterocycles. The minimum atomic E-state index is -1.10. The van der Waals surface area contributed by atoms with Gasteiger partial charge in [0.1, 0.15) is 11.5 Å². The summed E-state index contributed by atoms with van der Waals surface area (Å²) >= 11 is 1.40. The van der Waals surface area contributed by atoms with Crippen LogP contribution in [-0.4, -0.2) is 46.1 Å². The first-order valence-corrected chi connectivity index (χ1v) is 9.69. The molecule has 3 rings (SSSR count). The van der Waals surface area contributed by atoms with Crippen molar-refractivity contribution in [3.8, 4) is 10.4 Å². The molecule has 8 heteroatoms. The zero-order valence-corrected chi connectivity index (χ0v) is 16.1. The number of piperidine rings is 1. The Balaban J connectivity index is 1.92. The van der Waals surface area contributed by atoms with Crippen LogP contribution in [0.4, 0.5) is 9.18 Å². The Bertz CT molecular complexity index is 837. The van der Waals surface area contributed by atoms with E-state index in [2.05, 4.69) is 10.3 Å². The summed E-state index contributed by atoms with van der Waals surface area (Å²) in [6.45, 7) is 4.61. The fraction of sp³-hybridized carbons (Fsp3) is 0.421. The minimum absolute atomic E-state index is 0.184. The molecule has 0 unspecified atom stereocenters. The molecule has 1 aromatic heterocycles. The Hall–Kier alpha value is -2.48. The molecule has 1 aliphatic heterocycles. The number of rotatable bonds is 4. The smallest absolute Gasteiger partial charge is 0.404 e. The number of carbonyl (C=O) groups is 2. The summed E-state index contributed by atoms with van der Waals surface area (Å²) in [7, 11) is 0. The van der Waals surface area contributed by atoms with Crippen LogP contribution < -0.4 is 5.32 Å². The Kier molecular flexibility index (Phi) is 5.74. The predicted octanol–water partition coefficient (Wildman–Crippen LogP) is 3.77. The molecule has 2 N–H and O–H groups in total. The molecular weight excluding hydrogens is 369 g/mol. The number of hydrogen-bond acceptors (Lipinski definition) is 4. The maximum absolute atomic E-state index is 13.3. The summed E-state index contributed by atoms with van der Waals surface area (Å²) in [6.07, 6.45) is 0.707. The normalized spacial score (nSPS) is 19.7. The topological polar surface area (TPSA) is 82.5 Å². The minimum Gasteiger partial charge on any atom is -0.465 e. The van der Waals surface area contributed by atoms with E-state index in [-0.39, 0.29) is 30.2 Å². The lowest BCUT2D eigenvalue weighted by atomic mass is 9.90. The number of likely N-dealkylation sites (tertiary alicyclic amines) is 1. The molecule has 0 spiro atoms. The summed E-state index contributed by atoms with van der Waals surface area (Å²) in [5.74, 6) is -0.358. The average Bonchev–Trinajstić information content (AvgIpc) is 3.02. The second-order valence-electron chi connectivity index (χ2n) is 6.79. The van der Waals surface area contributed by atoms with Gasteiger partial charge in [-0.3, -0.25) is 4.79 Å². The van der Waals surface area contributed by atoms with Crippen LogP contribution in [0.5, 0.6) is 0 Å². The predicted molar refractivity (Wildman–Crippen MR) is 101 cm³/mol. The lowest BCUT2D eigenvalue weighted by Gasteiger charge is -2.39. The van der Waals surface area contributed by atoms with Crippen molar-refractivity contribution in [3.63, 3.8) is 0 Å². The third-order valence-corrected chi connectivity index (χ3v) is 5.90. The van der Waals surface area contributed by atoms with Crippen molar-refractivity contribution >= 4 is 23.3 Å². The van der Waals surface area contributed by atoms with Crippen LogP contribution in [0, 0.1) is 18.7 Å². The zero-order chi connectivity index (χ0) is 19.6. The largest absolute Gasteiger partial charge is 0.465 e. The van der Waals surface area contributed by atoms with Crippen molar-refractivity contribution < 1.29 is 19.1 Å². The van der Waals surface area contributed by atoms with Crippen molar-refractivity contribution in [1.29, 1.82) is 0 Å². The summed E-state index contributed by atoms with van der Waals surface area (Å²) in [6, 6.07) is 5.79. The Morgan fingerprint density at radius 3 is 2.74 bits per heavy atom. The number of benzene rings is 1. The van der Waals surface area contributed by atoms with Gasteiger partial charge in [-0.2, -0.15) is 0 Å². The third kappa shape index (κ3) is 4.27. The maximum Gasteiger partial charge on any atom is 0.404 e. The molecule has 2 aromatic rings. The van der Waals surface area contributed by atoms with Gasteiger partial charge in [0.15, 0.2) is 0 Å². The van der Waals surface area contributed by atoms with E-state index in [1.165, 1.54) is 23.5 Å². The van der Waals surface area contributed by atoms with Gasteiger partial charge in [0.2, 0.25) is 0 Å². The van der Waals surface area contributed by atoms with Gasteiger partial charge in [0.05, 0.1) is 15.9 Å². The number of thiazole rings is 1. The lowest BCUT2D eigenvalue weighted by molar-refractivity contribution is 0.0510. The van der Waals surface area contributed by atoms with E-state index in [4.69, 9.17) is 5.11 Å². The van der Waals surface area contributed by atoms with Crippen LogP contribution in [0.3, 0.4) is 0 Å². The lowest BCUT2D eigenvalue weighted by Crippen LogP contribution is -2.53. The fourth-order valence-corrected chi connectivity index (χ4v) is 4.43. The number of hydrogen-bond donors (Lipinski definition) is 2.